The largest absolute Gasteiger partial charge is 0.496 e. The number of methoxy groups -OCH3 is 1. The molecule has 1 atom stereocenters. The highest BCUT2D eigenvalue weighted by Gasteiger charge is 2.29. The second-order valence-corrected chi connectivity index (χ2v) is 5.97. The zero-order valence-corrected chi connectivity index (χ0v) is 14.8. The number of halogens is 3. The quantitative estimate of drug-likeness (QED) is 0.668. The third kappa shape index (κ3) is 5.46. The van der Waals surface area contributed by atoms with Gasteiger partial charge in [-0.25, -0.2) is 4.79 Å². The maximum atomic E-state index is 12.6. The molecule has 1 amide bonds. The maximum absolute atomic E-state index is 12.6. The predicted octanol–water partition coefficient (Wildman–Crippen LogP) is 2.63. The molecule has 0 aliphatic heterocycles. The molecule has 0 bridgehead atoms. The highest BCUT2D eigenvalue weighted by molar-refractivity contribution is 5.97. The molecule has 3 N–H and O–H groups in total. The summed E-state index contributed by atoms with van der Waals surface area (Å²) in [5.41, 5.74) is 0.214. The molecule has 0 aliphatic carbocycles. The Morgan fingerprint density at radius 2 is 1.71 bits per heavy atom. The van der Waals surface area contributed by atoms with E-state index in [4.69, 9.17) is 9.84 Å². The lowest BCUT2D eigenvalue weighted by atomic mass is 10.0. The third-order valence-corrected chi connectivity index (χ3v) is 3.96. The summed E-state index contributed by atoms with van der Waals surface area (Å²) in [4.78, 5) is 23.2. The van der Waals surface area contributed by atoms with Crippen molar-refractivity contribution in [1.29, 1.82) is 0 Å². The molecule has 150 valence electrons. The van der Waals surface area contributed by atoms with E-state index < -0.39 is 29.7 Å². The van der Waals surface area contributed by atoms with Crippen molar-refractivity contribution in [3.05, 3.63) is 64.7 Å². The summed E-state index contributed by atoms with van der Waals surface area (Å²) in [7, 11) is 1.35. The lowest BCUT2D eigenvalue weighted by molar-refractivity contribution is -0.146. The van der Waals surface area contributed by atoms with E-state index in [2.05, 4.69) is 5.32 Å². The van der Waals surface area contributed by atoms with Crippen molar-refractivity contribution in [2.45, 2.75) is 25.2 Å². The van der Waals surface area contributed by atoms with Gasteiger partial charge in [0.2, 0.25) is 0 Å². The van der Waals surface area contributed by atoms with Gasteiger partial charge in [0.1, 0.15) is 5.75 Å². The number of ether oxygens (including phenoxy) is 1. The number of carbonyl (C=O) groups excluding carboxylic acids is 1. The summed E-state index contributed by atoms with van der Waals surface area (Å²) in [5.74, 6) is -1.70. The maximum Gasteiger partial charge on any atom is 0.416 e. The van der Waals surface area contributed by atoms with Gasteiger partial charge in [-0.3, -0.25) is 4.79 Å². The number of aliphatic hydroxyl groups excluding tert-OH is 1. The molecule has 0 radical (unpaired) electrons. The van der Waals surface area contributed by atoms with Crippen LogP contribution in [0.25, 0.3) is 0 Å². The Labute approximate surface area is 158 Å². The Kier molecular flexibility index (Phi) is 6.63. The fraction of sp³-hybridized carbons (Fsp3) is 0.263. The van der Waals surface area contributed by atoms with Crippen molar-refractivity contribution >= 4 is 11.9 Å². The Balaban J connectivity index is 2.11. The van der Waals surface area contributed by atoms with Gasteiger partial charge < -0.3 is 20.3 Å². The Morgan fingerprint density at radius 3 is 2.25 bits per heavy atom. The van der Waals surface area contributed by atoms with Gasteiger partial charge in [0, 0.05) is 13.0 Å². The fourth-order valence-electron chi connectivity index (χ4n) is 2.46. The van der Waals surface area contributed by atoms with Crippen molar-refractivity contribution in [2.24, 2.45) is 0 Å². The fourth-order valence-corrected chi connectivity index (χ4v) is 2.46. The number of hydrogen-bond acceptors (Lipinski definition) is 4. The van der Waals surface area contributed by atoms with Gasteiger partial charge >= 0.3 is 12.1 Å². The average Bonchev–Trinajstić information content (AvgIpc) is 2.65. The van der Waals surface area contributed by atoms with Crippen LogP contribution in [-0.4, -0.2) is 35.3 Å². The molecular formula is C19H18F3NO5. The Hall–Kier alpha value is -3.07. The topological polar surface area (TPSA) is 95.9 Å². The molecule has 0 fully saturated rings. The molecule has 0 aromatic heterocycles. The zero-order valence-electron chi connectivity index (χ0n) is 14.8. The summed E-state index contributed by atoms with van der Waals surface area (Å²) >= 11 is 0. The number of rotatable bonds is 7. The zero-order chi connectivity index (χ0) is 20.9. The molecular weight excluding hydrogens is 379 g/mol. The Bertz CT molecular complexity index is 850. The average molecular weight is 397 g/mol. The van der Waals surface area contributed by atoms with E-state index in [1.165, 1.54) is 37.4 Å². The van der Waals surface area contributed by atoms with Crippen molar-refractivity contribution in [1.82, 2.24) is 5.32 Å². The van der Waals surface area contributed by atoms with E-state index >= 15 is 0 Å². The van der Waals surface area contributed by atoms with Gasteiger partial charge in [-0.05, 0) is 35.4 Å². The molecule has 2 aromatic rings. The number of benzene rings is 2. The number of carboxylic acid groups (broad SMARTS) is 1. The summed E-state index contributed by atoms with van der Waals surface area (Å²) in [6.07, 6.45) is -6.24. The molecule has 2 aromatic carbocycles. The minimum atomic E-state index is -4.43. The number of alkyl halides is 3. The van der Waals surface area contributed by atoms with Crippen LogP contribution in [0, 0.1) is 0 Å². The van der Waals surface area contributed by atoms with Crippen LogP contribution in [0.2, 0.25) is 0 Å². The monoisotopic (exact) mass is 397 g/mol. The lowest BCUT2D eigenvalue weighted by Gasteiger charge is -2.13. The normalized spacial score (nSPS) is 12.3. The molecule has 6 nitrogen and oxygen atoms in total. The highest BCUT2D eigenvalue weighted by Crippen LogP contribution is 2.29. The van der Waals surface area contributed by atoms with Crippen molar-refractivity contribution in [2.75, 3.05) is 7.11 Å². The van der Waals surface area contributed by atoms with Crippen LogP contribution in [0.15, 0.2) is 42.5 Å². The first-order chi connectivity index (χ1) is 13.1. The molecule has 0 saturated carbocycles. The number of carboxylic acids is 1. The van der Waals surface area contributed by atoms with Crippen LogP contribution in [0.1, 0.15) is 27.0 Å². The van der Waals surface area contributed by atoms with E-state index in [-0.39, 0.29) is 24.3 Å². The molecule has 1 unspecified atom stereocenters. The van der Waals surface area contributed by atoms with Gasteiger partial charge in [0.05, 0.1) is 18.2 Å². The second kappa shape index (κ2) is 8.75. The minimum absolute atomic E-state index is 0.0118. The predicted molar refractivity (Wildman–Crippen MR) is 93.0 cm³/mol. The summed E-state index contributed by atoms with van der Waals surface area (Å²) < 4.78 is 42.8. The SMILES string of the molecule is COc1ccc(CC(O)C(=O)O)cc1C(=O)NCc1ccc(C(F)(F)F)cc1. The molecule has 0 aliphatic rings. The first-order valence-corrected chi connectivity index (χ1v) is 8.14. The summed E-state index contributed by atoms with van der Waals surface area (Å²) in [5, 5.41) is 20.8. The molecule has 0 saturated heterocycles. The van der Waals surface area contributed by atoms with E-state index in [1.54, 1.807) is 0 Å². The van der Waals surface area contributed by atoms with E-state index in [9.17, 15) is 27.9 Å². The van der Waals surface area contributed by atoms with Crippen molar-refractivity contribution < 1.29 is 37.7 Å². The first-order valence-electron chi connectivity index (χ1n) is 8.14. The molecule has 28 heavy (non-hydrogen) atoms. The number of amides is 1. The number of nitrogens with one attached hydrogen (secondary N) is 1. The summed E-state index contributed by atoms with van der Waals surface area (Å²) in [6, 6.07) is 8.77. The van der Waals surface area contributed by atoms with Crippen LogP contribution in [0.3, 0.4) is 0 Å². The smallest absolute Gasteiger partial charge is 0.416 e. The van der Waals surface area contributed by atoms with Gasteiger partial charge in [-0.15, -0.1) is 0 Å². The highest BCUT2D eigenvalue weighted by atomic mass is 19.4. The van der Waals surface area contributed by atoms with Crippen LogP contribution in [-0.2, 0) is 23.9 Å². The minimum Gasteiger partial charge on any atom is -0.496 e. The standard InChI is InChI=1S/C19H18F3NO5/c1-28-16-7-4-12(9-15(24)18(26)27)8-14(16)17(25)23-10-11-2-5-13(6-3-11)19(20,21)22/h2-8,15,24H,9-10H2,1H3,(H,23,25)(H,26,27). The third-order valence-electron chi connectivity index (χ3n) is 3.96. The summed E-state index contributed by atoms with van der Waals surface area (Å²) in [6.45, 7) is -0.0118. The van der Waals surface area contributed by atoms with Crippen LogP contribution >= 0.6 is 0 Å². The van der Waals surface area contributed by atoms with E-state index in [0.717, 1.165) is 12.1 Å². The first kappa shape index (κ1) is 21.2. The van der Waals surface area contributed by atoms with Crippen LogP contribution in [0.4, 0.5) is 13.2 Å². The second-order valence-electron chi connectivity index (χ2n) is 5.97. The van der Waals surface area contributed by atoms with Gasteiger partial charge in [0.25, 0.3) is 5.91 Å². The molecule has 0 spiro atoms. The number of carbonyl (C=O) groups is 2. The van der Waals surface area contributed by atoms with Gasteiger partial charge in [0.15, 0.2) is 6.10 Å². The van der Waals surface area contributed by atoms with Crippen molar-refractivity contribution in [3.63, 3.8) is 0 Å². The van der Waals surface area contributed by atoms with Crippen LogP contribution < -0.4 is 10.1 Å². The number of hydrogen-bond donors (Lipinski definition) is 3. The molecule has 0 heterocycles. The van der Waals surface area contributed by atoms with E-state index in [0.29, 0.717) is 11.1 Å². The van der Waals surface area contributed by atoms with Crippen molar-refractivity contribution in [3.8, 4) is 5.75 Å². The molecule has 2 rings (SSSR count). The molecule has 9 heteroatoms. The number of aliphatic hydroxyl groups is 1. The lowest BCUT2D eigenvalue weighted by Crippen LogP contribution is -2.25. The van der Waals surface area contributed by atoms with Gasteiger partial charge in [-0.1, -0.05) is 18.2 Å². The Morgan fingerprint density at radius 1 is 1.11 bits per heavy atom. The van der Waals surface area contributed by atoms with Gasteiger partial charge in [-0.2, -0.15) is 13.2 Å². The van der Waals surface area contributed by atoms with E-state index in [1.807, 2.05) is 0 Å². The van der Waals surface area contributed by atoms with Crippen LogP contribution in [0.5, 0.6) is 5.75 Å². The number of aliphatic carboxylic acids is 1.